The summed E-state index contributed by atoms with van der Waals surface area (Å²) in [5.74, 6) is -0.279. The van der Waals surface area contributed by atoms with Crippen molar-refractivity contribution in [2.45, 2.75) is 6.10 Å². The molecule has 1 heterocycles. The maximum Gasteiger partial charge on any atom is 0.183 e. The first-order valence-electron chi connectivity index (χ1n) is 5.43. The van der Waals surface area contributed by atoms with Crippen LogP contribution in [0.4, 0.5) is 9.52 Å². The molecule has 96 valence electrons. The fourth-order valence-corrected chi connectivity index (χ4v) is 2.11. The number of hydrogen-bond acceptors (Lipinski definition) is 5. The van der Waals surface area contributed by atoms with Crippen molar-refractivity contribution in [3.05, 3.63) is 35.5 Å². The van der Waals surface area contributed by atoms with Crippen molar-refractivity contribution in [3.8, 4) is 11.3 Å². The van der Waals surface area contributed by atoms with Crippen LogP contribution in [0.5, 0.6) is 0 Å². The average molecular weight is 268 g/mol. The van der Waals surface area contributed by atoms with E-state index in [-0.39, 0.29) is 19.0 Å². The zero-order chi connectivity index (χ0) is 13.0. The Hall–Kier alpha value is -1.50. The molecule has 0 spiro atoms. The fraction of sp³-hybridized carbons (Fsp3) is 0.250. The molecule has 6 heteroatoms. The number of nitrogens with zero attached hydrogens (tertiary/aromatic N) is 1. The molecule has 2 rings (SSSR count). The Bertz CT molecular complexity index is 501. The minimum absolute atomic E-state index is 0.243. The van der Waals surface area contributed by atoms with Crippen molar-refractivity contribution in [1.82, 2.24) is 4.98 Å². The van der Waals surface area contributed by atoms with Gasteiger partial charge in [0.2, 0.25) is 0 Å². The van der Waals surface area contributed by atoms with Crippen LogP contribution >= 0.6 is 11.3 Å². The molecule has 1 aromatic heterocycles. The van der Waals surface area contributed by atoms with E-state index in [1.165, 1.54) is 23.5 Å². The SMILES string of the molecule is OCC(O)CNc1nc(-c2ccc(F)cc2)cs1. The second-order valence-corrected chi connectivity index (χ2v) is 4.62. The molecule has 2 aromatic rings. The van der Waals surface area contributed by atoms with Gasteiger partial charge in [-0.25, -0.2) is 9.37 Å². The summed E-state index contributed by atoms with van der Waals surface area (Å²) >= 11 is 1.39. The Kier molecular flexibility index (Phi) is 4.24. The number of aliphatic hydroxyl groups excluding tert-OH is 2. The van der Waals surface area contributed by atoms with Crippen LogP contribution in [0.3, 0.4) is 0 Å². The molecule has 0 bridgehead atoms. The standard InChI is InChI=1S/C12H13FN2O2S/c13-9-3-1-8(2-4-9)11-7-18-12(15-11)14-5-10(17)6-16/h1-4,7,10,16-17H,5-6H2,(H,14,15). The number of aromatic nitrogens is 1. The van der Waals surface area contributed by atoms with E-state index in [4.69, 9.17) is 5.11 Å². The molecular weight excluding hydrogens is 255 g/mol. The highest BCUT2D eigenvalue weighted by Gasteiger charge is 2.06. The smallest absolute Gasteiger partial charge is 0.183 e. The van der Waals surface area contributed by atoms with Gasteiger partial charge in [0.05, 0.1) is 18.4 Å². The van der Waals surface area contributed by atoms with Crippen molar-refractivity contribution in [3.63, 3.8) is 0 Å². The minimum atomic E-state index is -0.803. The zero-order valence-electron chi connectivity index (χ0n) is 9.51. The first-order valence-corrected chi connectivity index (χ1v) is 6.31. The predicted octanol–water partition coefficient (Wildman–Crippen LogP) is 1.71. The van der Waals surface area contributed by atoms with Gasteiger partial charge in [0.1, 0.15) is 5.82 Å². The Morgan fingerprint density at radius 2 is 2.06 bits per heavy atom. The van der Waals surface area contributed by atoms with E-state index in [0.29, 0.717) is 5.13 Å². The Labute approximate surface area is 108 Å². The second-order valence-electron chi connectivity index (χ2n) is 3.76. The van der Waals surface area contributed by atoms with E-state index in [1.807, 2.05) is 5.38 Å². The number of anilines is 1. The number of aliphatic hydroxyl groups is 2. The Balaban J connectivity index is 2.03. The van der Waals surface area contributed by atoms with Crippen molar-refractivity contribution in [2.24, 2.45) is 0 Å². The molecule has 4 nitrogen and oxygen atoms in total. The van der Waals surface area contributed by atoms with Crippen LogP contribution < -0.4 is 5.32 Å². The summed E-state index contributed by atoms with van der Waals surface area (Å²) in [6, 6.07) is 6.10. The minimum Gasteiger partial charge on any atom is -0.394 e. The first kappa shape index (κ1) is 12.9. The number of benzene rings is 1. The lowest BCUT2D eigenvalue weighted by molar-refractivity contribution is 0.105. The predicted molar refractivity (Wildman–Crippen MR) is 69.1 cm³/mol. The number of thiazole rings is 1. The summed E-state index contributed by atoms with van der Waals surface area (Å²) in [5, 5.41) is 23.3. The van der Waals surface area contributed by atoms with E-state index in [1.54, 1.807) is 12.1 Å². The van der Waals surface area contributed by atoms with Gasteiger partial charge in [-0.15, -0.1) is 11.3 Å². The molecule has 1 unspecified atom stereocenters. The molecule has 0 saturated carbocycles. The van der Waals surface area contributed by atoms with E-state index in [9.17, 15) is 9.50 Å². The third-order valence-corrected chi connectivity index (χ3v) is 3.14. The van der Waals surface area contributed by atoms with Gasteiger partial charge < -0.3 is 15.5 Å². The topological polar surface area (TPSA) is 65.4 Å². The summed E-state index contributed by atoms with van der Waals surface area (Å²) in [6.45, 7) is -0.0456. The highest BCUT2D eigenvalue weighted by molar-refractivity contribution is 7.14. The average Bonchev–Trinajstić information content (AvgIpc) is 2.85. The van der Waals surface area contributed by atoms with Gasteiger partial charge in [0.15, 0.2) is 5.13 Å². The molecule has 0 aliphatic carbocycles. The summed E-state index contributed by atoms with van der Waals surface area (Å²) in [7, 11) is 0. The zero-order valence-corrected chi connectivity index (χ0v) is 10.3. The number of nitrogens with one attached hydrogen (secondary N) is 1. The van der Waals surface area contributed by atoms with Gasteiger partial charge in [0, 0.05) is 17.5 Å². The monoisotopic (exact) mass is 268 g/mol. The molecule has 0 radical (unpaired) electrons. The lowest BCUT2D eigenvalue weighted by atomic mass is 10.2. The highest BCUT2D eigenvalue weighted by atomic mass is 32.1. The van der Waals surface area contributed by atoms with Crippen LogP contribution in [0.15, 0.2) is 29.6 Å². The Morgan fingerprint density at radius 1 is 1.33 bits per heavy atom. The molecule has 1 aromatic carbocycles. The summed E-state index contributed by atoms with van der Waals surface area (Å²) < 4.78 is 12.8. The van der Waals surface area contributed by atoms with E-state index in [0.717, 1.165) is 11.3 Å². The second kappa shape index (κ2) is 5.90. The maximum absolute atomic E-state index is 12.8. The van der Waals surface area contributed by atoms with Crippen LogP contribution in [0.1, 0.15) is 0 Å². The summed E-state index contributed by atoms with van der Waals surface area (Å²) in [6.07, 6.45) is -0.803. The first-order chi connectivity index (χ1) is 8.69. The Morgan fingerprint density at radius 3 is 2.72 bits per heavy atom. The maximum atomic E-state index is 12.8. The van der Waals surface area contributed by atoms with E-state index >= 15 is 0 Å². The van der Waals surface area contributed by atoms with Crippen LogP contribution in [-0.4, -0.2) is 34.5 Å². The number of rotatable bonds is 5. The molecule has 18 heavy (non-hydrogen) atoms. The van der Waals surface area contributed by atoms with Gasteiger partial charge in [0.25, 0.3) is 0 Å². The van der Waals surface area contributed by atoms with Crippen molar-refractivity contribution < 1.29 is 14.6 Å². The van der Waals surface area contributed by atoms with Gasteiger partial charge in [-0.05, 0) is 24.3 Å². The lowest BCUT2D eigenvalue weighted by Crippen LogP contribution is -2.22. The van der Waals surface area contributed by atoms with Crippen molar-refractivity contribution in [2.75, 3.05) is 18.5 Å². The van der Waals surface area contributed by atoms with E-state index < -0.39 is 6.10 Å². The molecule has 1 atom stereocenters. The number of halogens is 1. The highest BCUT2D eigenvalue weighted by Crippen LogP contribution is 2.24. The van der Waals surface area contributed by atoms with Crippen LogP contribution in [0.25, 0.3) is 11.3 Å². The van der Waals surface area contributed by atoms with Crippen LogP contribution in [0, 0.1) is 5.82 Å². The summed E-state index contributed by atoms with van der Waals surface area (Å²) in [4.78, 5) is 4.31. The van der Waals surface area contributed by atoms with Gasteiger partial charge in [-0.2, -0.15) is 0 Å². The van der Waals surface area contributed by atoms with Gasteiger partial charge in [-0.1, -0.05) is 0 Å². The molecular formula is C12H13FN2O2S. The van der Waals surface area contributed by atoms with Crippen molar-refractivity contribution >= 4 is 16.5 Å². The lowest BCUT2D eigenvalue weighted by Gasteiger charge is -2.06. The normalized spacial score (nSPS) is 12.4. The largest absolute Gasteiger partial charge is 0.394 e. The van der Waals surface area contributed by atoms with Crippen molar-refractivity contribution in [1.29, 1.82) is 0 Å². The fourth-order valence-electron chi connectivity index (χ4n) is 1.38. The molecule has 0 amide bonds. The van der Waals surface area contributed by atoms with Crippen LogP contribution in [0.2, 0.25) is 0 Å². The quantitative estimate of drug-likeness (QED) is 0.772. The number of hydrogen-bond donors (Lipinski definition) is 3. The van der Waals surface area contributed by atoms with E-state index in [2.05, 4.69) is 10.3 Å². The third-order valence-electron chi connectivity index (χ3n) is 2.34. The molecule has 0 fully saturated rings. The van der Waals surface area contributed by atoms with Gasteiger partial charge >= 0.3 is 0 Å². The molecule has 3 N–H and O–H groups in total. The molecule has 0 aliphatic rings. The molecule has 0 saturated heterocycles. The third kappa shape index (κ3) is 3.25. The van der Waals surface area contributed by atoms with Gasteiger partial charge in [-0.3, -0.25) is 0 Å². The summed E-state index contributed by atoms with van der Waals surface area (Å²) in [5.41, 5.74) is 1.59. The van der Waals surface area contributed by atoms with Crippen LogP contribution in [-0.2, 0) is 0 Å². The molecule has 0 aliphatic heterocycles.